The lowest BCUT2D eigenvalue weighted by molar-refractivity contribution is -0.125. The van der Waals surface area contributed by atoms with Crippen molar-refractivity contribution in [2.45, 2.75) is 12.5 Å². The zero-order valence-corrected chi connectivity index (χ0v) is 23.4. The molecular formula is C30H33ClN6O3. The van der Waals surface area contributed by atoms with Crippen LogP contribution in [0.2, 0.25) is 5.15 Å². The Balaban J connectivity index is 1.37. The van der Waals surface area contributed by atoms with E-state index in [9.17, 15) is 4.79 Å². The number of nitrogen functional groups attached to an aromatic ring is 1. The summed E-state index contributed by atoms with van der Waals surface area (Å²) in [6, 6.07) is 17.3. The molecule has 40 heavy (non-hydrogen) atoms. The van der Waals surface area contributed by atoms with E-state index < -0.39 is 0 Å². The SMILES string of the molecule is COCCN(C)C/C=C/C(=O)N1CC[C@@H](n2c(Cl)c(-c3ccc(Oc4ccccc4)cc3)c3c(N)ncnc32)C1. The zero-order valence-electron chi connectivity index (χ0n) is 22.7. The maximum atomic E-state index is 12.9. The second-order valence-electron chi connectivity index (χ2n) is 9.82. The van der Waals surface area contributed by atoms with Gasteiger partial charge in [-0.1, -0.05) is 48.0 Å². The van der Waals surface area contributed by atoms with Crippen molar-refractivity contribution >= 4 is 34.4 Å². The molecular weight excluding hydrogens is 528 g/mol. The van der Waals surface area contributed by atoms with Crippen molar-refractivity contribution in [2.75, 3.05) is 52.7 Å². The molecule has 0 aliphatic carbocycles. The molecule has 2 aromatic heterocycles. The molecule has 0 saturated carbocycles. The van der Waals surface area contributed by atoms with Crippen molar-refractivity contribution in [2.24, 2.45) is 0 Å². The highest BCUT2D eigenvalue weighted by Gasteiger charge is 2.31. The Morgan fingerprint density at radius 3 is 2.65 bits per heavy atom. The number of amides is 1. The average Bonchev–Trinajstić information content (AvgIpc) is 3.56. The van der Waals surface area contributed by atoms with Crippen molar-refractivity contribution < 1.29 is 14.3 Å². The van der Waals surface area contributed by atoms with Gasteiger partial charge in [0.25, 0.3) is 0 Å². The number of likely N-dealkylation sites (tertiary alicyclic amines) is 1. The quantitative estimate of drug-likeness (QED) is 0.271. The van der Waals surface area contributed by atoms with Gasteiger partial charge in [-0.2, -0.15) is 0 Å². The molecule has 2 N–H and O–H groups in total. The summed E-state index contributed by atoms with van der Waals surface area (Å²) in [6.07, 6.45) is 5.74. The Morgan fingerprint density at radius 1 is 1.15 bits per heavy atom. The normalized spacial score (nSPS) is 15.5. The number of methoxy groups -OCH3 is 1. The van der Waals surface area contributed by atoms with Crippen LogP contribution in [0.4, 0.5) is 5.82 Å². The van der Waals surface area contributed by atoms with Crippen LogP contribution in [0.25, 0.3) is 22.2 Å². The number of para-hydroxylation sites is 1. The van der Waals surface area contributed by atoms with Crippen LogP contribution < -0.4 is 10.5 Å². The number of carbonyl (C=O) groups is 1. The topological polar surface area (TPSA) is 98.7 Å². The maximum Gasteiger partial charge on any atom is 0.246 e. The van der Waals surface area contributed by atoms with Crippen LogP contribution in [0, 0.1) is 0 Å². The van der Waals surface area contributed by atoms with Gasteiger partial charge >= 0.3 is 0 Å². The number of benzene rings is 2. The Hall–Kier alpha value is -3.92. The van der Waals surface area contributed by atoms with E-state index in [1.807, 2.05) is 77.2 Å². The van der Waals surface area contributed by atoms with E-state index in [2.05, 4.69) is 14.9 Å². The molecule has 1 aliphatic rings. The largest absolute Gasteiger partial charge is 0.457 e. The minimum atomic E-state index is -0.0412. The van der Waals surface area contributed by atoms with Gasteiger partial charge in [0.1, 0.15) is 34.4 Å². The second kappa shape index (κ2) is 12.5. The zero-order chi connectivity index (χ0) is 28.1. The van der Waals surface area contributed by atoms with E-state index in [1.54, 1.807) is 13.2 Å². The highest BCUT2D eigenvalue weighted by Crippen LogP contribution is 2.43. The number of rotatable bonds is 10. The third-order valence-corrected chi connectivity index (χ3v) is 7.44. The maximum absolute atomic E-state index is 12.9. The number of likely N-dealkylation sites (N-methyl/N-ethyl adjacent to an activating group) is 1. The number of aromatic nitrogens is 3. The van der Waals surface area contributed by atoms with Gasteiger partial charge in [-0.15, -0.1) is 0 Å². The first-order valence-corrected chi connectivity index (χ1v) is 13.6. The molecule has 0 spiro atoms. The smallest absolute Gasteiger partial charge is 0.246 e. The fourth-order valence-electron chi connectivity index (χ4n) is 4.97. The lowest BCUT2D eigenvalue weighted by atomic mass is 10.1. The Bertz CT molecular complexity index is 1490. The molecule has 1 fully saturated rings. The molecule has 0 bridgehead atoms. The summed E-state index contributed by atoms with van der Waals surface area (Å²) in [5, 5.41) is 1.22. The predicted molar refractivity (Wildman–Crippen MR) is 158 cm³/mol. The number of carbonyl (C=O) groups excluding carboxylic acids is 1. The Morgan fingerprint density at radius 2 is 1.90 bits per heavy atom. The third kappa shape index (κ3) is 5.96. The number of hydrogen-bond acceptors (Lipinski definition) is 7. The number of fused-ring (bicyclic) bond motifs is 1. The summed E-state index contributed by atoms with van der Waals surface area (Å²) in [7, 11) is 3.67. The first-order chi connectivity index (χ1) is 19.5. The monoisotopic (exact) mass is 560 g/mol. The van der Waals surface area contributed by atoms with Crippen LogP contribution in [0.15, 0.2) is 73.1 Å². The van der Waals surface area contributed by atoms with Crippen LogP contribution in [0.5, 0.6) is 11.5 Å². The number of ether oxygens (including phenoxy) is 2. The van der Waals surface area contributed by atoms with Gasteiger partial charge in [-0.05, 0) is 43.3 Å². The standard InChI is InChI=1S/C30H33ClN6O3/c1-35(17-18-39-2)15-6-9-25(38)36-16-14-22(19-36)37-28(31)26(27-29(32)33-20-34-30(27)37)21-10-12-24(13-11-21)40-23-7-4-3-5-8-23/h3-13,20,22H,14-19H2,1-2H3,(H2,32,33,34)/b9-6+/t22-/m1/s1. The predicted octanol–water partition coefficient (Wildman–Crippen LogP) is 5.03. The van der Waals surface area contributed by atoms with Crippen LogP contribution in [-0.4, -0.2) is 77.2 Å². The van der Waals surface area contributed by atoms with E-state index in [-0.39, 0.29) is 11.9 Å². The number of halogens is 1. The summed E-state index contributed by atoms with van der Waals surface area (Å²) in [5.41, 5.74) is 8.66. The fraction of sp³-hybridized carbons (Fsp3) is 0.300. The number of hydrogen-bond donors (Lipinski definition) is 1. The minimum Gasteiger partial charge on any atom is -0.457 e. The average molecular weight is 561 g/mol. The van der Waals surface area contributed by atoms with Crippen LogP contribution in [-0.2, 0) is 9.53 Å². The van der Waals surface area contributed by atoms with Gasteiger partial charge in [0, 0.05) is 44.9 Å². The Kier molecular flexibility index (Phi) is 8.64. The fourth-order valence-corrected chi connectivity index (χ4v) is 5.39. The molecule has 5 rings (SSSR count). The van der Waals surface area contributed by atoms with Crippen molar-refractivity contribution in [1.82, 2.24) is 24.3 Å². The molecule has 3 heterocycles. The highest BCUT2D eigenvalue weighted by molar-refractivity contribution is 6.35. The molecule has 0 radical (unpaired) electrons. The van der Waals surface area contributed by atoms with Crippen LogP contribution in [0.1, 0.15) is 12.5 Å². The van der Waals surface area contributed by atoms with Crippen LogP contribution >= 0.6 is 11.6 Å². The van der Waals surface area contributed by atoms with Crippen molar-refractivity contribution in [3.63, 3.8) is 0 Å². The van der Waals surface area contributed by atoms with E-state index >= 15 is 0 Å². The molecule has 208 valence electrons. The molecule has 1 atom stereocenters. The molecule has 9 nitrogen and oxygen atoms in total. The van der Waals surface area contributed by atoms with E-state index in [0.29, 0.717) is 54.0 Å². The van der Waals surface area contributed by atoms with Gasteiger partial charge < -0.3 is 29.6 Å². The van der Waals surface area contributed by atoms with E-state index in [1.165, 1.54) is 6.33 Å². The minimum absolute atomic E-state index is 0.0152. The molecule has 2 aromatic carbocycles. The second-order valence-corrected chi connectivity index (χ2v) is 10.2. The summed E-state index contributed by atoms with van der Waals surface area (Å²) < 4.78 is 13.0. The van der Waals surface area contributed by atoms with Gasteiger partial charge in [0.05, 0.1) is 18.0 Å². The lowest BCUT2D eigenvalue weighted by Gasteiger charge is -2.17. The molecule has 10 heteroatoms. The van der Waals surface area contributed by atoms with Crippen LogP contribution in [0.3, 0.4) is 0 Å². The molecule has 1 aliphatic heterocycles. The van der Waals surface area contributed by atoms with Gasteiger partial charge in [-0.3, -0.25) is 4.79 Å². The molecule has 1 saturated heterocycles. The molecule has 0 unspecified atom stereocenters. The van der Waals surface area contributed by atoms with E-state index in [0.717, 1.165) is 29.8 Å². The van der Waals surface area contributed by atoms with Crippen molar-refractivity contribution in [3.8, 4) is 22.6 Å². The summed E-state index contributed by atoms with van der Waals surface area (Å²) in [5.74, 6) is 1.81. The van der Waals surface area contributed by atoms with E-state index in [4.69, 9.17) is 26.8 Å². The number of nitrogens with two attached hydrogens (primary N) is 1. The van der Waals surface area contributed by atoms with Gasteiger partial charge in [0.2, 0.25) is 5.91 Å². The van der Waals surface area contributed by atoms with Gasteiger partial charge in [-0.25, -0.2) is 9.97 Å². The summed E-state index contributed by atoms with van der Waals surface area (Å²) >= 11 is 7.07. The molecule has 1 amide bonds. The van der Waals surface area contributed by atoms with Gasteiger partial charge in [0.15, 0.2) is 0 Å². The number of nitrogens with zero attached hydrogens (tertiary/aromatic N) is 5. The third-order valence-electron chi connectivity index (χ3n) is 7.07. The summed E-state index contributed by atoms with van der Waals surface area (Å²) in [4.78, 5) is 25.6. The highest BCUT2D eigenvalue weighted by atomic mass is 35.5. The van der Waals surface area contributed by atoms with Crippen molar-refractivity contribution in [3.05, 3.63) is 78.2 Å². The number of anilines is 1. The lowest BCUT2D eigenvalue weighted by Crippen LogP contribution is -2.28. The first kappa shape index (κ1) is 27.6. The Labute approximate surface area is 238 Å². The van der Waals surface area contributed by atoms with Crippen molar-refractivity contribution in [1.29, 1.82) is 0 Å². The summed E-state index contributed by atoms with van der Waals surface area (Å²) in [6.45, 7) is 3.29. The molecule has 4 aromatic rings. The first-order valence-electron chi connectivity index (χ1n) is 13.2.